The first-order valence-corrected chi connectivity index (χ1v) is 5.78. The number of nitrogens with one attached hydrogen (secondary N) is 1. The summed E-state index contributed by atoms with van der Waals surface area (Å²) >= 11 is 0. The SMILES string of the molecule is COc1cc(C)ccc1OCC1CCNC1. The summed E-state index contributed by atoms with van der Waals surface area (Å²) in [5.41, 5.74) is 1.19. The number of hydrogen-bond donors (Lipinski definition) is 1. The van der Waals surface area contributed by atoms with Crippen LogP contribution < -0.4 is 14.8 Å². The summed E-state index contributed by atoms with van der Waals surface area (Å²) in [7, 11) is 1.68. The molecule has 1 N–H and O–H groups in total. The van der Waals surface area contributed by atoms with Gasteiger partial charge in [0.15, 0.2) is 11.5 Å². The van der Waals surface area contributed by atoms with Gasteiger partial charge in [0.25, 0.3) is 0 Å². The van der Waals surface area contributed by atoms with Crippen LogP contribution in [0.4, 0.5) is 0 Å². The van der Waals surface area contributed by atoms with E-state index >= 15 is 0 Å². The number of aryl methyl sites for hydroxylation is 1. The van der Waals surface area contributed by atoms with Gasteiger partial charge in [-0.25, -0.2) is 0 Å². The number of hydrogen-bond acceptors (Lipinski definition) is 3. The highest BCUT2D eigenvalue weighted by atomic mass is 16.5. The van der Waals surface area contributed by atoms with Gasteiger partial charge in [-0.2, -0.15) is 0 Å². The lowest BCUT2D eigenvalue weighted by atomic mass is 10.1. The lowest BCUT2D eigenvalue weighted by Gasteiger charge is -2.14. The van der Waals surface area contributed by atoms with Crippen LogP contribution in [0.25, 0.3) is 0 Å². The standard InChI is InChI=1S/C13H19NO2/c1-10-3-4-12(13(7-10)15-2)16-9-11-5-6-14-8-11/h3-4,7,11,14H,5-6,8-9H2,1-2H3. The molecule has 0 amide bonds. The molecule has 3 heteroatoms. The zero-order valence-corrected chi connectivity index (χ0v) is 9.95. The average molecular weight is 221 g/mol. The Labute approximate surface area is 96.8 Å². The summed E-state index contributed by atoms with van der Waals surface area (Å²) in [6.45, 7) is 4.99. The maximum Gasteiger partial charge on any atom is 0.161 e. The molecule has 1 aromatic rings. The molecule has 1 aliphatic rings. The van der Waals surface area contributed by atoms with E-state index in [1.54, 1.807) is 7.11 Å². The molecule has 1 fully saturated rings. The van der Waals surface area contributed by atoms with Crippen molar-refractivity contribution >= 4 is 0 Å². The largest absolute Gasteiger partial charge is 0.493 e. The Morgan fingerprint density at radius 3 is 2.94 bits per heavy atom. The van der Waals surface area contributed by atoms with Crippen LogP contribution >= 0.6 is 0 Å². The van der Waals surface area contributed by atoms with Crippen LogP contribution in [0.2, 0.25) is 0 Å². The number of methoxy groups -OCH3 is 1. The maximum absolute atomic E-state index is 5.80. The average Bonchev–Trinajstić information content (AvgIpc) is 2.80. The first-order chi connectivity index (χ1) is 7.79. The maximum atomic E-state index is 5.80. The van der Waals surface area contributed by atoms with Gasteiger partial charge in [0.05, 0.1) is 13.7 Å². The van der Waals surface area contributed by atoms with E-state index in [9.17, 15) is 0 Å². The molecule has 1 saturated heterocycles. The first kappa shape index (κ1) is 11.3. The molecule has 0 radical (unpaired) electrons. The molecule has 88 valence electrons. The second kappa shape index (κ2) is 5.21. The van der Waals surface area contributed by atoms with E-state index < -0.39 is 0 Å². The smallest absolute Gasteiger partial charge is 0.161 e. The second-order valence-corrected chi connectivity index (χ2v) is 4.32. The third-order valence-corrected chi connectivity index (χ3v) is 2.96. The predicted octanol–water partition coefficient (Wildman–Crippen LogP) is 1.99. The van der Waals surface area contributed by atoms with Gasteiger partial charge in [0, 0.05) is 12.5 Å². The molecule has 1 atom stereocenters. The second-order valence-electron chi connectivity index (χ2n) is 4.32. The Balaban J connectivity index is 1.97. The first-order valence-electron chi connectivity index (χ1n) is 5.78. The van der Waals surface area contributed by atoms with E-state index in [-0.39, 0.29) is 0 Å². The molecule has 0 spiro atoms. The summed E-state index contributed by atoms with van der Waals surface area (Å²) in [4.78, 5) is 0. The van der Waals surface area contributed by atoms with E-state index in [0.29, 0.717) is 5.92 Å². The van der Waals surface area contributed by atoms with Crippen molar-refractivity contribution in [3.8, 4) is 11.5 Å². The molecule has 0 aliphatic carbocycles. The zero-order chi connectivity index (χ0) is 11.4. The number of ether oxygens (including phenoxy) is 2. The fourth-order valence-corrected chi connectivity index (χ4v) is 1.96. The highest BCUT2D eigenvalue weighted by Gasteiger charge is 2.15. The van der Waals surface area contributed by atoms with Gasteiger partial charge >= 0.3 is 0 Å². The summed E-state index contributed by atoms with van der Waals surface area (Å²) in [5.74, 6) is 2.30. The third kappa shape index (κ3) is 2.67. The van der Waals surface area contributed by atoms with Crippen molar-refractivity contribution in [3.63, 3.8) is 0 Å². The Bertz CT molecular complexity index is 346. The van der Waals surface area contributed by atoms with Crippen LogP contribution in [-0.2, 0) is 0 Å². The summed E-state index contributed by atoms with van der Waals surface area (Å²) in [6, 6.07) is 6.03. The van der Waals surface area contributed by atoms with Crippen LogP contribution in [0.1, 0.15) is 12.0 Å². The molecule has 16 heavy (non-hydrogen) atoms. The Kier molecular flexibility index (Phi) is 3.67. The van der Waals surface area contributed by atoms with E-state index in [1.807, 2.05) is 25.1 Å². The van der Waals surface area contributed by atoms with Gasteiger partial charge in [-0.05, 0) is 37.6 Å². The quantitative estimate of drug-likeness (QED) is 0.843. The highest BCUT2D eigenvalue weighted by Crippen LogP contribution is 2.28. The van der Waals surface area contributed by atoms with Crippen LogP contribution in [0.15, 0.2) is 18.2 Å². The monoisotopic (exact) mass is 221 g/mol. The van der Waals surface area contributed by atoms with Crippen molar-refractivity contribution in [2.45, 2.75) is 13.3 Å². The molecular formula is C13H19NO2. The van der Waals surface area contributed by atoms with E-state index in [1.165, 1.54) is 12.0 Å². The summed E-state index contributed by atoms with van der Waals surface area (Å²) < 4.78 is 11.1. The van der Waals surface area contributed by atoms with Crippen molar-refractivity contribution in [2.75, 3.05) is 26.8 Å². The van der Waals surface area contributed by atoms with Gasteiger partial charge in [0.2, 0.25) is 0 Å². The van der Waals surface area contributed by atoms with Crippen molar-refractivity contribution in [1.29, 1.82) is 0 Å². The van der Waals surface area contributed by atoms with E-state index in [4.69, 9.17) is 9.47 Å². The van der Waals surface area contributed by atoms with Crippen molar-refractivity contribution in [2.24, 2.45) is 5.92 Å². The lowest BCUT2D eigenvalue weighted by molar-refractivity contribution is 0.247. The molecule has 1 aromatic carbocycles. The van der Waals surface area contributed by atoms with Gasteiger partial charge < -0.3 is 14.8 Å². The molecule has 1 unspecified atom stereocenters. The lowest BCUT2D eigenvalue weighted by Crippen LogP contribution is -2.15. The zero-order valence-electron chi connectivity index (χ0n) is 9.95. The molecule has 1 aliphatic heterocycles. The van der Waals surface area contributed by atoms with Crippen LogP contribution in [0, 0.1) is 12.8 Å². The molecule has 0 aromatic heterocycles. The van der Waals surface area contributed by atoms with Gasteiger partial charge in [-0.1, -0.05) is 6.07 Å². The van der Waals surface area contributed by atoms with Gasteiger partial charge in [-0.3, -0.25) is 0 Å². The van der Waals surface area contributed by atoms with E-state index in [0.717, 1.165) is 31.2 Å². The van der Waals surface area contributed by atoms with Crippen LogP contribution in [0.3, 0.4) is 0 Å². The number of benzene rings is 1. The molecule has 0 bridgehead atoms. The minimum absolute atomic E-state index is 0.631. The van der Waals surface area contributed by atoms with Gasteiger partial charge in [0.1, 0.15) is 0 Å². The minimum Gasteiger partial charge on any atom is -0.493 e. The minimum atomic E-state index is 0.631. The molecule has 1 heterocycles. The fourth-order valence-electron chi connectivity index (χ4n) is 1.96. The van der Waals surface area contributed by atoms with Crippen LogP contribution in [0.5, 0.6) is 11.5 Å². The van der Waals surface area contributed by atoms with Crippen molar-refractivity contribution < 1.29 is 9.47 Å². The summed E-state index contributed by atoms with van der Waals surface area (Å²) in [5, 5.41) is 3.34. The fraction of sp³-hybridized carbons (Fsp3) is 0.538. The highest BCUT2D eigenvalue weighted by molar-refractivity contribution is 5.42. The molecule has 3 nitrogen and oxygen atoms in total. The number of rotatable bonds is 4. The van der Waals surface area contributed by atoms with Crippen LogP contribution in [-0.4, -0.2) is 26.8 Å². The Hall–Kier alpha value is -1.22. The van der Waals surface area contributed by atoms with Crippen molar-refractivity contribution in [1.82, 2.24) is 5.32 Å². The Morgan fingerprint density at radius 2 is 2.25 bits per heavy atom. The van der Waals surface area contributed by atoms with E-state index in [2.05, 4.69) is 5.32 Å². The van der Waals surface area contributed by atoms with Crippen molar-refractivity contribution in [3.05, 3.63) is 23.8 Å². The predicted molar refractivity (Wildman–Crippen MR) is 64.2 cm³/mol. The third-order valence-electron chi connectivity index (χ3n) is 2.96. The Morgan fingerprint density at radius 1 is 1.38 bits per heavy atom. The van der Waals surface area contributed by atoms with Gasteiger partial charge in [-0.15, -0.1) is 0 Å². The topological polar surface area (TPSA) is 30.5 Å². The molecule has 2 rings (SSSR count). The molecular weight excluding hydrogens is 202 g/mol. The summed E-state index contributed by atoms with van der Waals surface area (Å²) in [6.07, 6.45) is 1.20. The molecule has 0 saturated carbocycles. The normalized spacial score (nSPS) is 19.8.